The molecule has 2 nitrogen and oxygen atoms in total. The summed E-state index contributed by atoms with van der Waals surface area (Å²) in [4.78, 5) is 0. The topological polar surface area (TPSA) is 40.5 Å². The average Bonchev–Trinajstić information content (AvgIpc) is 2.04. The Hall–Kier alpha value is -0.340. The first-order chi connectivity index (χ1) is 6.10. The Bertz CT molecular complexity index is 152. The van der Waals surface area contributed by atoms with Gasteiger partial charge in [-0.05, 0) is 25.7 Å². The van der Waals surface area contributed by atoms with Crippen LogP contribution in [0.25, 0.3) is 0 Å². The van der Waals surface area contributed by atoms with Gasteiger partial charge in [0.05, 0.1) is 6.10 Å². The monoisotopic (exact) mass is 186 g/mol. The van der Waals surface area contributed by atoms with E-state index in [1.165, 1.54) is 5.57 Å². The summed E-state index contributed by atoms with van der Waals surface area (Å²) in [6, 6.07) is 0. The van der Waals surface area contributed by atoms with Gasteiger partial charge in [-0.1, -0.05) is 31.9 Å². The molecule has 0 unspecified atom stereocenters. The van der Waals surface area contributed by atoms with Crippen LogP contribution in [0.15, 0.2) is 11.6 Å². The zero-order valence-electron chi connectivity index (χ0n) is 8.95. The summed E-state index contributed by atoms with van der Waals surface area (Å²) in [5.74, 6) is 0.203. The van der Waals surface area contributed by atoms with Gasteiger partial charge in [-0.3, -0.25) is 0 Å². The van der Waals surface area contributed by atoms with Gasteiger partial charge in [-0.15, -0.1) is 0 Å². The molecule has 0 rings (SSSR count). The van der Waals surface area contributed by atoms with E-state index in [9.17, 15) is 5.11 Å². The van der Waals surface area contributed by atoms with Gasteiger partial charge in [0.25, 0.3) is 0 Å². The number of rotatable bonds is 6. The largest absolute Gasteiger partial charge is 0.396 e. The van der Waals surface area contributed by atoms with Crippen molar-refractivity contribution in [1.82, 2.24) is 0 Å². The van der Waals surface area contributed by atoms with Crippen LogP contribution in [0.4, 0.5) is 0 Å². The van der Waals surface area contributed by atoms with Gasteiger partial charge in [0.1, 0.15) is 0 Å². The molecule has 0 amide bonds. The Balaban J connectivity index is 3.83. The third-order valence-electron chi connectivity index (χ3n) is 2.04. The van der Waals surface area contributed by atoms with Crippen molar-refractivity contribution in [3.8, 4) is 0 Å². The van der Waals surface area contributed by atoms with E-state index >= 15 is 0 Å². The van der Waals surface area contributed by atoms with Crippen LogP contribution in [-0.4, -0.2) is 22.9 Å². The van der Waals surface area contributed by atoms with Crippen LogP contribution >= 0.6 is 0 Å². The Morgan fingerprint density at radius 3 is 2.54 bits per heavy atom. The smallest absolute Gasteiger partial charge is 0.0577 e. The van der Waals surface area contributed by atoms with E-state index in [2.05, 4.69) is 6.92 Å². The highest BCUT2D eigenvalue weighted by molar-refractivity contribution is 5.01. The maximum atomic E-state index is 9.50. The fourth-order valence-corrected chi connectivity index (χ4v) is 1.41. The summed E-state index contributed by atoms with van der Waals surface area (Å²) >= 11 is 0. The molecule has 2 N–H and O–H groups in total. The van der Waals surface area contributed by atoms with Crippen molar-refractivity contribution in [3.63, 3.8) is 0 Å². The van der Waals surface area contributed by atoms with Crippen LogP contribution in [0.2, 0.25) is 0 Å². The van der Waals surface area contributed by atoms with Crippen molar-refractivity contribution in [1.29, 1.82) is 0 Å². The van der Waals surface area contributed by atoms with Crippen molar-refractivity contribution in [2.24, 2.45) is 5.92 Å². The minimum atomic E-state index is -0.216. The van der Waals surface area contributed by atoms with Gasteiger partial charge < -0.3 is 10.2 Å². The third kappa shape index (κ3) is 6.79. The van der Waals surface area contributed by atoms with E-state index in [0.717, 1.165) is 19.3 Å². The van der Waals surface area contributed by atoms with E-state index in [0.29, 0.717) is 0 Å². The van der Waals surface area contributed by atoms with Gasteiger partial charge >= 0.3 is 0 Å². The minimum Gasteiger partial charge on any atom is -0.396 e. The molecule has 0 aliphatic rings. The van der Waals surface area contributed by atoms with E-state index in [-0.39, 0.29) is 18.6 Å². The second-order valence-corrected chi connectivity index (χ2v) is 3.82. The summed E-state index contributed by atoms with van der Waals surface area (Å²) in [7, 11) is 0. The second kappa shape index (κ2) is 7.10. The van der Waals surface area contributed by atoms with Crippen LogP contribution < -0.4 is 0 Å². The normalized spacial score (nSPS) is 17.2. The predicted molar refractivity (Wildman–Crippen MR) is 55.5 cm³/mol. The van der Waals surface area contributed by atoms with Gasteiger partial charge in [0, 0.05) is 6.61 Å². The molecule has 0 saturated carbocycles. The molecular weight excluding hydrogens is 164 g/mol. The Morgan fingerprint density at radius 2 is 2.08 bits per heavy atom. The lowest BCUT2D eigenvalue weighted by atomic mass is 10.0. The van der Waals surface area contributed by atoms with Crippen molar-refractivity contribution in [2.45, 2.75) is 46.1 Å². The van der Waals surface area contributed by atoms with Gasteiger partial charge in [-0.2, -0.15) is 0 Å². The van der Waals surface area contributed by atoms with E-state index in [1.807, 2.05) is 19.9 Å². The number of aliphatic hydroxyl groups is 2. The zero-order valence-corrected chi connectivity index (χ0v) is 8.95. The van der Waals surface area contributed by atoms with Crippen molar-refractivity contribution in [2.75, 3.05) is 6.61 Å². The summed E-state index contributed by atoms with van der Waals surface area (Å²) in [6.45, 7) is 6.22. The molecule has 2 atom stereocenters. The maximum absolute atomic E-state index is 9.50. The molecule has 0 aliphatic heterocycles. The molecule has 0 saturated heterocycles. The minimum absolute atomic E-state index is 0.182. The lowest BCUT2D eigenvalue weighted by Crippen LogP contribution is -2.07. The Morgan fingerprint density at radius 1 is 1.46 bits per heavy atom. The third-order valence-corrected chi connectivity index (χ3v) is 2.04. The molecule has 0 aromatic rings. The molecule has 0 aromatic carbocycles. The van der Waals surface area contributed by atoms with Crippen LogP contribution in [0.5, 0.6) is 0 Å². The summed E-state index contributed by atoms with van der Waals surface area (Å²) < 4.78 is 0. The highest BCUT2D eigenvalue weighted by Gasteiger charge is 2.04. The quantitative estimate of drug-likeness (QED) is 0.624. The van der Waals surface area contributed by atoms with Gasteiger partial charge in [0.15, 0.2) is 0 Å². The molecule has 0 aliphatic carbocycles. The van der Waals surface area contributed by atoms with Crippen molar-refractivity contribution in [3.05, 3.63) is 11.6 Å². The van der Waals surface area contributed by atoms with Gasteiger partial charge in [-0.25, -0.2) is 0 Å². The molecule has 0 bridgehead atoms. The molecule has 0 radical (unpaired) electrons. The van der Waals surface area contributed by atoms with E-state index in [1.54, 1.807) is 0 Å². The number of hydrogen-bond donors (Lipinski definition) is 2. The molecule has 0 spiro atoms. The van der Waals surface area contributed by atoms with Gasteiger partial charge in [0.2, 0.25) is 0 Å². The summed E-state index contributed by atoms with van der Waals surface area (Å²) in [5, 5.41) is 18.3. The van der Waals surface area contributed by atoms with Crippen molar-refractivity contribution >= 4 is 0 Å². The summed E-state index contributed by atoms with van der Waals surface area (Å²) in [5.41, 5.74) is 1.17. The second-order valence-electron chi connectivity index (χ2n) is 3.82. The van der Waals surface area contributed by atoms with E-state index < -0.39 is 0 Å². The predicted octanol–water partition coefficient (Wildman–Crippen LogP) is 2.11. The molecule has 2 heteroatoms. The van der Waals surface area contributed by atoms with E-state index in [4.69, 9.17) is 5.11 Å². The standard InChI is InChI=1S/C11H22O2/c1-4-5-11(13)7-9(2)6-10(3)8-12/h6,10-13H,4-5,7-8H2,1-3H3/b9-6+/t10-,11+/m1/s1. The molecule has 78 valence electrons. The highest BCUT2D eigenvalue weighted by atomic mass is 16.3. The first-order valence-electron chi connectivity index (χ1n) is 5.06. The first-order valence-corrected chi connectivity index (χ1v) is 5.06. The lowest BCUT2D eigenvalue weighted by molar-refractivity contribution is 0.163. The maximum Gasteiger partial charge on any atom is 0.0577 e. The fraction of sp³-hybridized carbons (Fsp3) is 0.818. The molecule has 0 aromatic heterocycles. The first kappa shape index (κ1) is 12.7. The number of aliphatic hydroxyl groups excluding tert-OH is 2. The highest BCUT2D eigenvalue weighted by Crippen LogP contribution is 2.11. The van der Waals surface area contributed by atoms with Crippen molar-refractivity contribution < 1.29 is 10.2 Å². The van der Waals surface area contributed by atoms with Crippen LogP contribution in [0.3, 0.4) is 0 Å². The van der Waals surface area contributed by atoms with Crippen LogP contribution in [0, 0.1) is 5.92 Å². The molecule has 0 heterocycles. The zero-order chi connectivity index (χ0) is 10.3. The average molecular weight is 186 g/mol. The fourth-order valence-electron chi connectivity index (χ4n) is 1.41. The lowest BCUT2D eigenvalue weighted by Gasteiger charge is -2.10. The summed E-state index contributed by atoms with van der Waals surface area (Å²) in [6.07, 6.45) is 4.42. The van der Waals surface area contributed by atoms with Crippen LogP contribution in [-0.2, 0) is 0 Å². The molecular formula is C11H22O2. The SMILES string of the molecule is CCC[C@H](O)C/C(C)=C/[C@@H](C)CO. The molecule has 13 heavy (non-hydrogen) atoms. The Labute approximate surface area is 81.3 Å². The number of hydrogen-bond acceptors (Lipinski definition) is 2. The van der Waals surface area contributed by atoms with Crippen LogP contribution in [0.1, 0.15) is 40.0 Å². The molecule has 0 fully saturated rings. The Kier molecular flexibility index (Phi) is 6.92.